The Morgan fingerprint density at radius 3 is 2.59 bits per heavy atom. The molecule has 4 aliphatic rings. The van der Waals surface area contributed by atoms with Gasteiger partial charge in [-0.25, -0.2) is 0 Å². The summed E-state index contributed by atoms with van der Waals surface area (Å²) in [6.45, 7) is 4.52. The molecular formula is C19H28O3. The second-order valence-electron chi connectivity index (χ2n) is 8.76. The summed E-state index contributed by atoms with van der Waals surface area (Å²) in [5.41, 5.74) is 1.22. The quantitative estimate of drug-likeness (QED) is 0.723. The molecule has 0 amide bonds. The second kappa shape index (κ2) is 4.67. The van der Waals surface area contributed by atoms with E-state index >= 15 is 0 Å². The van der Waals surface area contributed by atoms with Gasteiger partial charge in [0.15, 0.2) is 5.78 Å². The molecule has 0 bridgehead atoms. The zero-order valence-electron chi connectivity index (χ0n) is 13.7. The van der Waals surface area contributed by atoms with E-state index in [1.54, 1.807) is 0 Å². The predicted octanol–water partition coefficient (Wildman–Crippen LogP) is 2.85. The van der Waals surface area contributed by atoms with E-state index in [4.69, 9.17) is 0 Å². The zero-order valence-corrected chi connectivity index (χ0v) is 13.7. The van der Waals surface area contributed by atoms with Gasteiger partial charge >= 0.3 is 0 Å². The zero-order chi connectivity index (χ0) is 15.7. The first-order valence-electron chi connectivity index (χ1n) is 8.97. The van der Waals surface area contributed by atoms with E-state index in [1.807, 2.05) is 6.08 Å². The van der Waals surface area contributed by atoms with Crippen LogP contribution >= 0.6 is 0 Å². The minimum Gasteiger partial charge on any atom is -0.393 e. The Hall–Kier alpha value is -0.670. The number of carbonyl (C=O) groups excluding carboxylic acids is 1. The average molecular weight is 304 g/mol. The van der Waals surface area contributed by atoms with E-state index < -0.39 is 0 Å². The molecule has 3 fully saturated rings. The summed E-state index contributed by atoms with van der Waals surface area (Å²) in [7, 11) is 0. The number of rotatable bonds is 0. The maximum atomic E-state index is 12.9. The van der Waals surface area contributed by atoms with Gasteiger partial charge in [0.2, 0.25) is 0 Å². The van der Waals surface area contributed by atoms with Gasteiger partial charge in [-0.3, -0.25) is 4.79 Å². The third-order valence-electron chi connectivity index (χ3n) is 7.87. The molecule has 122 valence electrons. The Morgan fingerprint density at radius 2 is 1.82 bits per heavy atom. The molecule has 0 aromatic heterocycles. The summed E-state index contributed by atoms with van der Waals surface area (Å²) in [6.07, 6.45) is 7.83. The van der Waals surface area contributed by atoms with Gasteiger partial charge < -0.3 is 10.2 Å². The smallest absolute Gasteiger partial charge is 0.159 e. The van der Waals surface area contributed by atoms with E-state index in [2.05, 4.69) is 13.8 Å². The van der Waals surface area contributed by atoms with Crippen LogP contribution in [0.25, 0.3) is 0 Å². The highest BCUT2D eigenvalue weighted by molar-refractivity contribution is 5.94. The molecule has 0 heterocycles. The van der Waals surface area contributed by atoms with E-state index in [0.717, 1.165) is 38.5 Å². The lowest BCUT2D eigenvalue weighted by Crippen LogP contribution is -2.54. The van der Waals surface area contributed by atoms with Gasteiger partial charge in [-0.05, 0) is 73.7 Å². The van der Waals surface area contributed by atoms with Crippen LogP contribution in [-0.2, 0) is 4.79 Å². The highest BCUT2D eigenvalue weighted by Gasteiger charge is 2.60. The average Bonchev–Trinajstić information content (AvgIpc) is 2.77. The third-order valence-corrected chi connectivity index (χ3v) is 7.87. The van der Waals surface area contributed by atoms with Crippen LogP contribution in [0.5, 0.6) is 0 Å². The Kier molecular flexibility index (Phi) is 3.16. The lowest BCUT2D eigenvalue weighted by molar-refractivity contribution is -0.136. The van der Waals surface area contributed by atoms with Crippen molar-refractivity contribution in [3.63, 3.8) is 0 Å². The molecule has 0 spiro atoms. The molecule has 4 aliphatic carbocycles. The van der Waals surface area contributed by atoms with Crippen molar-refractivity contribution < 1.29 is 15.0 Å². The summed E-state index contributed by atoms with van der Waals surface area (Å²) >= 11 is 0. The van der Waals surface area contributed by atoms with Gasteiger partial charge in [0.25, 0.3) is 0 Å². The van der Waals surface area contributed by atoms with E-state index in [1.165, 1.54) is 5.57 Å². The molecule has 3 heteroatoms. The summed E-state index contributed by atoms with van der Waals surface area (Å²) in [4.78, 5) is 12.9. The first-order valence-corrected chi connectivity index (χ1v) is 8.97. The van der Waals surface area contributed by atoms with Crippen molar-refractivity contribution >= 4 is 5.78 Å². The molecule has 2 N–H and O–H groups in total. The van der Waals surface area contributed by atoms with Crippen LogP contribution in [0.1, 0.15) is 58.8 Å². The number of fused-ring (bicyclic) bond motifs is 5. The van der Waals surface area contributed by atoms with Crippen molar-refractivity contribution in [2.24, 2.45) is 28.6 Å². The SMILES string of the molecule is C[C@]12CC[C@H]3[C@@H](C(=O)C=C4C[C@@H](O)CC[C@@]43C)[C@@H]1CC[C@H]2O. The van der Waals surface area contributed by atoms with Crippen molar-refractivity contribution in [2.75, 3.05) is 0 Å². The topological polar surface area (TPSA) is 57.5 Å². The summed E-state index contributed by atoms with van der Waals surface area (Å²) < 4.78 is 0. The van der Waals surface area contributed by atoms with Gasteiger partial charge in [0, 0.05) is 5.92 Å². The van der Waals surface area contributed by atoms with Crippen molar-refractivity contribution in [1.82, 2.24) is 0 Å². The lowest BCUT2D eigenvalue weighted by Gasteiger charge is -2.56. The summed E-state index contributed by atoms with van der Waals surface area (Å²) in [6, 6.07) is 0. The fourth-order valence-electron chi connectivity index (χ4n) is 6.36. The van der Waals surface area contributed by atoms with Crippen LogP contribution in [0.4, 0.5) is 0 Å². The number of hydrogen-bond acceptors (Lipinski definition) is 3. The minimum atomic E-state index is -0.272. The van der Waals surface area contributed by atoms with Crippen molar-refractivity contribution in [3.8, 4) is 0 Å². The van der Waals surface area contributed by atoms with Crippen LogP contribution in [0, 0.1) is 28.6 Å². The molecule has 7 atom stereocenters. The van der Waals surface area contributed by atoms with Gasteiger partial charge in [0.1, 0.15) is 0 Å². The van der Waals surface area contributed by atoms with Crippen LogP contribution in [0.15, 0.2) is 11.6 Å². The second-order valence-corrected chi connectivity index (χ2v) is 8.76. The molecule has 22 heavy (non-hydrogen) atoms. The molecule has 0 saturated heterocycles. The number of aliphatic hydroxyl groups is 2. The molecule has 0 aromatic rings. The fraction of sp³-hybridized carbons (Fsp3) is 0.842. The normalized spacial score (nSPS) is 54.3. The molecule has 3 nitrogen and oxygen atoms in total. The minimum absolute atomic E-state index is 0.0628. The molecule has 0 aromatic carbocycles. The summed E-state index contributed by atoms with van der Waals surface area (Å²) in [5, 5.41) is 20.4. The first-order chi connectivity index (χ1) is 10.4. The number of carbonyl (C=O) groups is 1. The Bertz CT molecular complexity index is 539. The largest absolute Gasteiger partial charge is 0.393 e. The Balaban J connectivity index is 1.75. The third kappa shape index (κ3) is 1.78. The lowest BCUT2D eigenvalue weighted by atomic mass is 9.47. The fourth-order valence-corrected chi connectivity index (χ4v) is 6.36. The molecule has 0 radical (unpaired) electrons. The number of aliphatic hydroxyl groups excluding tert-OH is 2. The van der Waals surface area contributed by atoms with E-state index in [0.29, 0.717) is 18.3 Å². The Morgan fingerprint density at radius 1 is 1.05 bits per heavy atom. The van der Waals surface area contributed by atoms with Crippen LogP contribution < -0.4 is 0 Å². The predicted molar refractivity (Wildman–Crippen MR) is 84.1 cm³/mol. The van der Waals surface area contributed by atoms with Crippen molar-refractivity contribution in [2.45, 2.75) is 71.0 Å². The highest BCUT2D eigenvalue weighted by Crippen LogP contribution is 2.63. The number of allylic oxidation sites excluding steroid dienone is 1. The summed E-state index contributed by atoms with van der Waals surface area (Å²) in [5.74, 6) is 1.13. The van der Waals surface area contributed by atoms with Crippen LogP contribution in [-0.4, -0.2) is 28.2 Å². The number of ketones is 1. The number of hydrogen-bond donors (Lipinski definition) is 2. The molecule has 4 rings (SSSR count). The first kappa shape index (κ1) is 14.9. The van der Waals surface area contributed by atoms with Crippen molar-refractivity contribution in [1.29, 1.82) is 0 Å². The molecule has 0 aliphatic heterocycles. The monoisotopic (exact) mass is 304 g/mol. The maximum absolute atomic E-state index is 12.9. The standard InChI is InChI=1S/C19H28O3/c1-18-7-5-12(20)9-11(18)10-15(21)17-13-3-4-16(22)19(13,2)8-6-14(17)18/h10,12-14,16-17,20,22H,3-9H2,1-2H3/t12-,13-,14-,16+,17-,18-,19-/m0/s1. The Labute approximate surface area is 132 Å². The van der Waals surface area contributed by atoms with E-state index in [9.17, 15) is 15.0 Å². The van der Waals surface area contributed by atoms with Crippen LogP contribution in [0.3, 0.4) is 0 Å². The molecule has 3 saturated carbocycles. The molecular weight excluding hydrogens is 276 g/mol. The van der Waals surface area contributed by atoms with Gasteiger partial charge in [-0.1, -0.05) is 19.4 Å². The highest BCUT2D eigenvalue weighted by atomic mass is 16.3. The van der Waals surface area contributed by atoms with Gasteiger partial charge in [-0.15, -0.1) is 0 Å². The van der Waals surface area contributed by atoms with Crippen LogP contribution in [0.2, 0.25) is 0 Å². The van der Waals surface area contributed by atoms with Crippen molar-refractivity contribution in [3.05, 3.63) is 11.6 Å². The van der Waals surface area contributed by atoms with Gasteiger partial charge in [-0.2, -0.15) is 0 Å². The van der Waals surface area contributed by atoms with Gasteiger partial charge in [0.05, 0.1) is 12.2 Å². The maximum Gasteiger partial charge on any atom is 0.159 e. The molecule has 0 unspecified atom stereocenters. The van der Waals surface area contributed by atoms with E-state index in [-0.39, 0.29) is 34.7 Å².